The molecule has 0 bridgehead atoms. The van der Waals surface area contributed by atoms with Crippen LogP contribution in [0.5, 0.6) is 0 Å². The van der Waals surface area contributed by atoms with Crippen LogP contribution in [-0.2, 0) is 16.2 Å². The third-order valence-electron chi connectivity index (χ3n) is 1.71. The van der Waals surface area contributed by atoms with Crippen LogP contribution in [0.25, 0.3) is 0 Å². The maximum Gasteiger partial charge on any atom is 0.423 e. The van der Waals surface area contributed by atoms with E-state index < -0.39 is 11.7 Å². The lowest BCUT2D eigenvalue weighted by Crippen LogP contribution is -2.41. The number of carbonyl (C=O) groups is 1. The zero-order chi connectivity index (χ0) is 12.7. The summed E-state index contributed by atoms with van der Waals surface area (Å²) in [5.74, 6) is 0. The number of hydrazine groups is 1. The molecule has 0 aliphatic heterocycles. The number of rotatable bonds is 4. The van der Waals surface area contributed by atoms with Crippen LogP contribution in [0.2, 0.25) is 0 Å². The second-order valence-corrected chi connectivity index (χ2v) is 4.50. The van der Waals surface area contributed by atoms with Gasteiger partial charge in [0.2, 0.25) is 0 Å². The molecule has 0 atom stereocenters. The Morgan fingerprint density at radius 1 is 1.24 bits per heavy atom. The van der Waals surface area contributed by atoms with Crippen LogP contribution in [-0.4, -0.2) is 11.7 Å². The lowest BCUT2D eigenvalue weighted by molar-refractivity contribution is -0.0157. The maximum atomic E-state index is 11.2. The maximum absolute atomic E-state index is 11.2. The second-order valence-electron chi connectivity index (χ2n) is 4.50. The van der Waals surface area contributed by atoms with Crippen molar-refractivity contribution < 1.29 is 14.4 Å². The standard InChI is InChI=1S/C12H18N2O3/c1-12(2,3)17-11(15)13-14-16-9-10-7-5-4-6-8-10/h4-8,14H,9H2,1-3H3,(H,13,15). The summed E-state index contributed by atoms with van der Waals surface area (Å²) in [5.41, 5.74) is 5.09. The van der Waals surface area contributed by atoms with Crippen molar-refractivity contribution in [3.63, 3.8) is 0 Å². The lowest BCUT2D eigenvalue weighted by Gasteiger charge is -2.19. The van der Waals surface area contributed by atoms with E-state index in [0.717, 1.165) is 5.56 Å². The minimum absolute atomic E-state index is 0.358. The van der Waals surface area contributed by atoms with Crippen LogP contribution in [0.1, 0.15) is 26.3 Å². The first kappa shape index (κ1) is 13.5. The molecule has 0 aromatic heterocycles. The number of amides is 1. The predicted octanol–water partition coefficient (Wildman–Crippen LogP) is 2.15. The van der Waals surface area contributed by atoms with Gasteiger partial charge in [0.05, 0.1) is 6.61 Å². The Bertz CT molecular complexity index is 347. The smallest absolute Gasteiger partial charge is 0.423 e. The average molecular weight is 238 g/mol. The highest BCUT2D eigenvalue weighted by molar-refractivity contribution is 5.66. The van der Waals surface area contributed by atoms with Gasteiger partial charge in [0.15, 0.2) is 0 Å². The van der Waals surface area contributed by atoms with E-state index >= 15 is 0 Å². The summed E-state index contributed by atoms with van der Waals surface area (Å²) in [7, 11) is 0. The number of hydrogen-bond donors (Lipinski definition) is 2. The van der Waals surface area contributed by atoms with Crippen molar-refractivity contribution >= 4 is 6.09 Å². The molecule has 2 N–H and O–H groups in total. The fourth-order valence-electron chi connectivity index (χ4n) is 1.08. The summed E-state index contributed by atoms with van der Waals surface area (Å²) >= 11 is 0. The highest BCUT2D eigenvalue weighted by Gasteiger charge is 2.15. The van der Waals surface area contributed by atoms with E-state index in [2.05, 4.69) is 11.0 Å². The molecule has 0 radical (unpaired) electrons. The molecule has 0 fully saturated rings. The summed E-state index contributed by atoms with van der Waals surface area (Å²) in [6, 6.07) is 9.61. The van der Waals surface area contributed by atoms with Gasteiger partial charge in [-0.3, -0.25) is 4.84 Å². The normalized spacial score (nSPS) is 11.0. The minimum atomic E-state index is -0.578. The van der Waals surface area contributed by atoms with Crippen molar-refractivity contribution in [2.24, 2.45) is 0 Å². The summed E-state index contributed by atoms with van der Waals surface area (Å²) in [6.07, 6.45) is -0.578. The molecule has 0 saturated carbocycles. The van der Waals surface area contributed by atoms with Gasteiger partial charge in [-0.15, -0.1) is 5.59 Å². The number of hydrogen-bond acceptors (Lipinski definition) is 4. The van der Waals surface area contributed by atoms with E-state index in [4.69, 9.17) is 9.57 Å². The van der Waals surface area contributed by atoms with E-state index in [1.54, 1.807) is 20.8 Å². The van der Waals surface area contributed by atoms with Crippen molar-refractivity contribution in [1.82, 2.24) is 11.0 Å². The van der Waals surface area contributed by atoms with Gasteiger partial charge in [-0.2, -0.15) is 0 Å². The average Bonchev–Trinajstić information content (AvgIpc) is 2.23. The third-order valence-corrected chi connectivity index (χ3v) is 1.71. The molecule has 5 heteroatoms. The largest absolute Gasteiger partial charge is 0.443 e. The number of ether oxygens (including phenoxy) is 1. The van der Waals surface area contributed by atoms with E-state index in [1.165, 1.54) is 0 Å². The van der Waals surface area contributed by atoms with Crippen molar-refractivity contribution in [1.29, 1.82) is 0 Å². The van der Waals surface area contributed by atoms with E-state index in [1.807, 2.05) is 30.3 Å². The molecule has 0 saturated heterocycles. The van der Waals surface area contributed by atoms with Gasteiger partial charge in [-0.05, 0) is 26.3 Å². The van der Waals surface area contributed by atoms with Crippen LogP contribution in [0, 0.1) is 0 Å². The van der Waals surface area contributed by atoms with E-state index in [0.29, 0.717) is 6.61 Å². The molecular formula is C12H18N2O3. The summed E-state index contributed by atoms with van der Waals surface area (Å²) in [5, 5.41) is 0. The molecule has 0 spiro atoms. The quantitative estimate of drug-likeness (QED) is 0.623. The molecular weight excluding hydrogens is 220 g/mol. The monoisotopic (exact) mass is 238 g/mol. The zero-order valence-corrected chi connectivity index (χ0v) is 10.3. The molecule has 1 aromatic rings. The molecule has 1 rings (SSSR count). The molecule has 94 valence electrons. The number of benzene rings is 1. The molecule has 0 heterocycles. The van der Waals surface area contributed by atoms with Crippen molar-refractivity contribution in [3.8, 4) is 0 Å². The predicted molar refractivity (Wildman–Crippen MR) is 63.7 cm³/mol. The van der Waals surface area contributed by atoms with Crippen LogP contribution >= 0.6 is 0 Å². The first-order chi connectivity index (χ1) is 7.97. The molecule has 0 aliphatic rings. The fourth-order valence-corrected chi connectivity index (χ4v) is 1.08. The minimum Gasteiger partial charge on any atom is -0.443 e. The Morgan fingerprint density at radius 2 is 1.88 bits per heavy atom. The van der Waals surface area contributed by atoms with Gasteiger partial charge < -0.3 is 4.74 Å². The molecule has 17 heavy (non-hydrogen) atoms. The van der Waals surface area contributed by atoms with Gasteiger partial charge in [-0.25, -0.2) is 10.2 Å². The number of carbonyl (C=O) groups excluding carboxylic acids is 1. The van der Waals surface area contributed by atoms with Crippen LogP contribution < -0.4 is 11.0 Å². The van der Waals surface area contributed by atoms with Gasteiger partial charge in [0.25, 0.3) is 0 Å². The van der Waals surface area contributed by atoms with Gasteiger partial charge in [-0.1, -0.05) is 30.3 Å². The highest BCUT2D eigenvalue weighted by Crippen LogP contribution is 2.05. The topological polar surface area (TPSA) is 59.6 Å². The molecule has 0 aliphatic carbocycles. The molecule has 1 amide bonds. The Labute approximate surface area is 101 Å². The molecule has 1 aromatic carbocycles. The van der Waals surface area contributed by atoms with Crippen LogP contribution in [0.3, 0.4) is 0 Å². The third kappa shape index (κ3) is 6.55. The fraction of sp³-hybridized carbons (Fsp3) is 0.417. The van der Waals surface area contributed by atoms with Crippen molar-refractivity contribution in [2.75, 3.05) is 0 Å². The number of nitrogens with one attached hydrogen (secondary N) is 2. The summed E-state index contributed by atoms with van der Waals surface area (Å²) in [6.45, 7) is 5.73. The zero-order valence-electron chi connectivity index (χ0n) is 10.3. The van der Waals surface area contributed by atoms with Gasteiger partial charge in [0.1, 0.15) is 5.60 Å². The molecule has 0 unspecified atom stereocenters. The summed E-state index contributed by atoms with van der Waals surface area (Å²) < 4.78 is 5.00. The van der Waals surface area contributed by atoms with Crippen molar-refractivity contribution in [2.45, 2.75) is 33.0 Å². The highest BCUT2D eigenvalue weighted by atomic mass is 16.7. The Hall–Kier alpha value is -1.59. The Morgan fingerprint density at radius 3 is 2.47 bits per heavy atom. The van der Waals surface area contributed by atoms with E-state index in [-0.39, 0.29) is 0 Å². The van der Waals surface area contributed by atoms with Gasteiger partial charge >= 0.3 is 6.09 Å². The van der Waals surface area contributed by atoms with Crippen LogP contribution in [0.4, 0.5) is 4.79 Å². The Balaban J connectivity index is 2.14. The second kappa shape index (κ2) is 6.22. The first-order valence-corrected chi connectivity index (χ1v) is 5.37. The van der Waals surface area contributed by atoms with Crippen LogP contribution in [0.15, 0.2) is 30.3 Å². The SMILES string of the molecule is CC(C)(C)OC(=O)NNOCc1ccccc1. The first-order valence-electron chi connectivity index (χ1n) is 5.37. The lowest BCUT2D eigenvalue weighted by atomic mass is 10.2. The molecule has 5 nitrogen and oxygen atoms in total. The summed E-state index contributed by atoms with van der Waals surface area (Å²) in [4.78, 5) is 16.2. The van der Waals surface area contributed by atoms with E-state index in [9.17, 15) is 4.79 Å². The van der Waals surface area contributed by atoms with Crippen molar-refractivity contribution in [3.05, 3.63) is 35.9 Å². The van der Waals surface area contributed by atoms with Gasteiger partial charge in [0, 0.05) is 0 Å². The Kier molecular flexibility index (Phi) is 4.93.